The van der Waals surface area contributed by atoms with Crippen molar-refractivity contribution in [1.29, 1.82) is 0 Å². The van der Waals surface area contributed by atoms with Crippen molar-refractivity contribution in [1.82, 2.24) is 4.98 Å². The van der Waals surface area contributed by atoms with E-state index < -0.39 is 0 Å². The second-order valence-electron chi connectivity index (χ2n) is 4.66. The third kappa shape index (κ3) is 1.38. The van der Waals surface area contributed by atoms with Crippen molar-refractivity contribution in [2.24, 2.45) is 0 Å². The predicted octanol–water partition coefficient (Wildman–Crippen LogP) is 4.58. The van der Waals surface area contributed by atoms with Gasteiger partial charge >= 0.3 is 0 Å². The summed E-state index contributed by atoms with van der Waals surface area (Å²) in [5.74, 6) is -0.260. The Balaban J connectivity index is 2.38. The first-order chi connectivity index (χ1) is 9.24. The topological polar surface area (TPSA) is 26.0 Å². The minimum atomic E-state index is -0.260. The van der Waals surface area contributed by atoms with E-state index in [0.29, 0.717) is 0 Å². The summed E-state index contributed by atoms with van der Waals surface area (Å²) in [7, 11) is 0. The van der Waals surface area contributed by atoms with Crippen molar-refractivity contribution < 1.29 is 8.81 Å². The van der Waals surface area contributed by atoms with Crippen LogP contribution in [0.5, 0.6) is 0 Å². The van der Waals surface area contributed by atoms with Crippen LogP contribution in [0.3, 0.4) is 0 Å². The number of hydrogen-bond donors (Lipinski definition) is 0. The van der Waals surface area contributed by atoms with Crippen molar-refractivity contribution in [3.05, 3.63) is 54.0 Å². The Morgan fingerprint density at radius 1 is 1.05 bits per heavy atom. The van der Waals surface area contributed by atoms with Gasteiger partial charge in [-0.1, -0.05) is 18.2 Å². The molecular formula is C16H10FNO. The molecule has 19 heavy (non-hydrogen) atoms. The smallest absolute Gasteiger partial charge is 0.157 e. The summed E-state index contributed by atoms with van der Waals surface area (Å²) in [5.41, 5.74) is 3.15. The highest BCUT2D eigenvalue weighted by Gasteiger charge is 2.14. The SMILES string of the molecule is Cc1nc2ccc(F)cc2c2c1oc1ccccc12. The van der Waals surface area contributed by atoms with Crippen LogP contribution in [0.2, 0.25) is 0 Å². The van der Waals surface area contributed by atoms with Gasteiger partial charge in [-0.2, -0.15) is 0 Å². The maximum absolute atomic E-state index is 13.5. The molecule has 0 atom stereocenters. The van der Waals surface area contributed by atoms with Crippen LogP contribution in [0.4, 0.5) is 4.39 Å². The molecular weight excluding hydrogens is 241 g/mol. The number of nitrogens with zero attached hydrogens (tertiary/aromatic N) is 1. The standard InChI is InChI=1S/C16H10FNO/c1-9-16-15(11-4-2-3-5-14(11)19-16)12-8-10(17)6-7-13(12)18-9/h2-8H,1H3. The molecule has 4 aromatic rings. The molecule has 0 N–H and O–H groups in total. The summed E-state index contributed by atoms with van der Waals surface area (Å²) >= 11 is 0. The van der Waals surface area contributed by atoms with Crippen molar-refractivity contribution >= 4 is 32.8 Å². The lowest BCUT2D eigenvalue weighted by Gasteiger charge is -2.01. The highest BCUT2D eigenvalue weighted by molar-refractivity contribution is 6.18. The molecule has 0 aliphatic rings. The van der Waals surface area contributed by atoms with Gasteiger partial charge in [0.05, 0.1) is 11.2 Å². The molecule has 0 aliphatic heterocycles. The number of halogens is 1. The van der Waals surface area contributed by atoms with E-state index in [1.165, 1.54) is 12.1 Å². The van der Waals surface area contributed by atoms with E-state index in [1.54, 1.807) is 6.07 Å². The second kappa shape index (κ2) is 3.54. The lowest BCUT2D eigenvalue weighted by Crippen LogP contribution is -1.86. The molecule has 0 spiro atoms. The minimum Gasteiger partial charge on any atom is -0.454 e. The van der Waals surface area contributed by atoms with Crippen molar-refractivity contribution in [3.8, 4) is 0 Å². The molecule has 2 aromatic carbocycles. The van der Waals surface area contributed by atoms with Crippen molar-refractivity contribution in [3.63, 3.8) is 0 Å². The summed E-state index contributed by atoms with van der Waals surface area (Å²) in [4.78, 5) is 4.48. The molecule has 2 aromatic heterocycles. The highest BCUT2D eigenvalue weighted by atomic mass is 19.1. The molecule has 0 fully saturated rings. The van der Waals surface area contributed by atoms with Crippen LogP contribution in [0, 0.1) is 12.7 Å². The lowest BCUT2D eigenvalue weighted by atomic mass is 10.1. The molecule has 92 valence electrons. The maximum atomic E-state index is 13.5. The lowest BCUT2D eigenvalue weighted by molar-refractivity contribution is 0.629. The molecule has 0 amide bonds. The highest BCUT2D eigenvalue weighted by Crippen LogP contribution is 2.35. The maximum Gasteiger partial charge on any atom is 0.157 e. The van der Waals surface area contributed by atoms with Crippen LogP contribution < -0.4 is 0 Å². The largest absolute Gasteiger partial charge is 0.454 e. The van der Waals surface area contributed by atoms with Crippen molar-refractivity contribution in [2.75, 3.05) is 0 Å². The van der Waals surface area contributed by atoms with Gasteiger partial charge in [-0.15, -0.1) is 0 Å². The molecule has 0 radical (unpaired) electrons. The van der Waals surface area contributed by atoms with Gasteiger partial charge < -0.3 is 4.42 Å². The molecule has 0 bridgehead atoms. The molecule has 0 saturated heterocycles. The fraction of sp³-hybridized carbons (Fsp3) is 0.0625. The fourth-order valence-electron chi connectivity index (χ4n) is 2.61. The Morgan fingerprint density at radius 2 is 1.89 bits per heavy atom. The quantitative estimate of drug-likeness (QED) is 0.457. The van der Waals surface area contributed by atoms with Crippen LogP contribution in [0.25, 0.3) is 32.8 Å². The van der Waals surface area contributed by atoms with E-state index in [2.05, 4.69) is 4.98 Å². The summed E-state index contributed by atoms with van der Waals surface area (Å²) in [5, 5.41) is 2.74. The van der Waals surface area contributed by atoms with Crippen LogP contribution in [0.1, 0.15) is 5.69 Å². The summed E-state index contributed by atoms with van der Waals surface area (Å²) in [6.07, 6.45) is 0. The van der Waals surface area contributed by atoms with E-state index >= 15 is 0 Å². The Hall–Kier alpha value is -2.42. The van der Waals surface area contributed by atoms with Crippen LogP contribution >= 0.6 is 0 Å². The van der Waals surface area contributed by atoms with Crippen LogP contribution in [-0.2, 0) is 0 Å². The number of pyridine rings is 1. The van der Waals surface area contributed by atoms with Crippen LogP contribution in [0.15, 0.2) is 46.9 Å². The average Bonchev–Trinajstić information content (AvgIpc) is 2.80. The van der Waals surface area contributed by atoms with Gasteiger partial charge in [-0.05, 0) is 31.2 Å². The number of aromatic nitrogens is 1. The molecule has 0 unspecified atom stereocenters. The third-order valence-corrected chi connectivity index (χ3v) is 3.44. The number of para-hydroxylation sites is 1. The number of aryl methyl sites for hydroxylation is 1. The Bertz CT molecular complexity index is 940. The summed E-state index contributed by atoms with van der Waals surface area (Å²) in [6, 6.07) is 12.5. The molecule has 2 heterocycles. The zero-order valence-corrected chi connectivity index (χ0v) is 10.3. The van der Waals surface area contributed by atoms with Gasteiger partial charge in [0.25, 0.3) is 0 Å². The number of benzene rings is 2. The third-order valence-electron chi connectivity index (χ3n) is 3.44. The molecule has 3 heteroatoms. The van der Waals surface area contributed by atoms with Crippen molar-refractivity contribution in [2.45, 2.75) is 6.92 Å². The normalized spacial score (nSPS) is 11.7. The van der Waals surface area contributed by atoms with Gasteiger partial charge in [0.1, 0.15) is 11.4 Å². The first-order valence-corrected chi connectivity index (χ1v) is 6.11. The van der Waals surface area contributed by atoms with Crippen LogP contribution in [-0.4, -0.2) is 4.98 Å². The van der Waals surface area contributed by atoms with Gasteiger partial charge in [0, 0.05) is 16.2 Å². The number of hydrogen-bond acceptors (Lipinski definition) is 2. The first-order valence-electron chi connectivity index (χ1n) is 6.11. The monoisotopic (exact) mass is 251 g/mol. The zero-order chi connectivity index (χ0) is 13.0. The van der Waals surface area contributed by atoms with E-state index in [4.69, 9.17) is 4.42 Å². The van der Waals surface area contributed by atoms with E-state index in [-0.39, 0.29) is 5.82 Å². The Labute approximate surface area is 108 Å². The molecule has 4 rings (SSSR count). The summed E-state index contributed by atoms with van der Waals surface area (Å²) in [6.45, 7) is 1.91. The number of fused-ring (bicyclic) bond motifs is 5. The second-order valence-corrected chi connectivity index (χ2v) is 4.66. The Morgan fingerprint density at radius 3 is 2.79 bits per heavy atom. The first kappa shape index (κ1) is 10.5. The van der Waals surface area contributed by atoms with Gasteiger partial charge in [0.15, 0.2) is 5.58 Å². The molecule has 0 saturated carbocycles. The van der Waals surface area contributed by atoms with E-state index in [1.807, 2.05) is 31.2 Å². The zero-order valence-electron chi connectivity index (χ0n) is 10.3. The van der Waals surface area contributed by atoms with E-state index in [9.17, 15) is 4.39 Å². The average molecular weight is 251 g/mol. The minimum absolute atomic E-state index is 0.260. The van der Waals surface area contributed by atoms with Gasteiger partial charge in [0.2, 0.25) is 0 Å². The molecule has 2 nitrogen and oxygen atoms in total. The number of furan rings is 1. The predicted molar refractivity (Wildman–Crippen MR) is 73.7 cm³/mol. The summed E-state index contributed by atoms with van der Waals surface area (Å²) < 4.78 is 19.4. The molecule has 0 aliphatic carbocycles. The number of rotatable bonds is 0. The van der Waals surface area contributed by atoms with Gasteiger partial charge in [-0.25, -0.2) is 9.37 Å². The Kier molecular flexibility index (Phi) is 1.96. The van der Waals surface area contributed by atoms with Gasteiger partial charge in [-0.3, -0.25) is 0 Å². The van der Waals surface area contributed by atoms with E-state index in [0.717, 1.165) is 38.5 Å². The fourth-order valence-corrected chi connectivity index (χ4v) is 2.61.